The molecule has 30 heavy (non-hydrogen) atoms. The van der Waals surface area contributed by atoms with E-state index in [9.17, 15) is 18.0 Å². The molecule has 158 valence electrons. The van der Waals surface area contributed by atoms with E-state index in [4.69, 9.17) is 0 Å². The monoisotopic (exact) mass is 420 g/mol. The molecule has 0 aliphatic heterocycles. The van der Waals surface area contributed by atoms with Gasteiger partial charge >= 0.3 is 0 Å². The molecule has 0 atom stereocenters. The van der Waals surface area contributed by atoms with Crippen molar-refractivity contribution in [3.05, 3.63) is 58.7 Å². The minimum Gasteiger partial charge on any atom is -0.491 e. The number of benzene rings is 1. The average molecular weight is 420 g/mol. The van der Waals surface area contributed by atoms with Crippen molar-refractivity contribution in [2.24, 2.45) is 0 Å². The predicted octanol–water partition coefficient (Wildman–Crippen LogP) is 2.55. The van der Waals surface area contributed by atoms with Crippen LogP contribution in [0.2, 0.25) is 0 Å². The second-order valence-electron chi connectivity index (χ2n) is 6.37. The largest absolute Gasteiger partial charge is 0.491 e. The zero-order valence-corrected chi connectivity index (χ0v) is 16.5. The van der Waals surface area contributed by atoms with E-state index >= 15 is 0 Å². The summed E-state index contributed by atoms with van der Waals surface area (Å²) in [4.78, 5) is 12.1. The molecular weight excluding hydrogens is 401 g/mol. The molecule has 2 N–H and O–H groups in total. The lowest BCUT2D eigenvalue weighted by atomic mass is 10.1. The fraction of sp³-hybridized carbons (Fsp3) is 0.263. The molecular formula is C19H19F3N6O2. The van der Waals surface area contributed by atoms with Crippen LogP contribution in [0.4, 0.5) is 19.0 Å². The first-order valence-electron chi connectivity index (χ1n) is 8.92. The molecule has 0 bridgehead atoms. The number of ether oxygens (including phenoxy) is 1. The lowest BCUT2D eigenvalue weighted by Crippen LogP contribution is -2.30. The van der Waals surface area contributed by atoms with Crippen LogP contribution in [0.1, 0.15) is 21.7 Å². The van der Waals surface area contributed by atoms with Crippen molar-refractivity contribution < 1.29 is 22.7 Å². The summed E-state index contributed by atoms with van der Waals surface area (Å²) in [5.74, 6) is -4.98. The zero-order chi connectivity index (χ0) is 21.8. The van der Waals surface area contributed by atoms with Crippen molar-refractivity contribution in [3.8, 4) is 11.6 Å². The molecule has 1 amide bonds. The van der Waals surface area contributed by atoms with Crippen LogP contribution in [0.15, 0.2) is 24.3 Å². The van der Waals surface area contributed by atoms with Gasteiger partial charge in [-0.2, -0.15) is 9.49 Å². The van der Waals surface area contributed by atoms with Gasteiger partial charge in [0, 0.05) is 18.8 Å². The van der Waals surface area contributed by atoms with Gasteiger partial charge < -0.3 is 15.4 Å². The van der Waals surface area contributed by atoms with Crippen molar-refractivity contribution in [2.45, 2.75) is 13.8 Å². The van der Waals surface area contributed by atoms with Crippen LogP contribution >= 0.6 is 0 Å². The van der Waals surface area contributed by atoms with Crippen molar-refractivity contribution >= 4 is 11.7 Å². The minimum atomic E-state index is -1.49. The van der Waals surface area contributed by atoms with Crippen LogP contribution in [-0.2, 0) is 0 Å². The van der Waals surface area contributed by atoms with Gasteiger partial charge in [-0.1, -0.05) is 0 Å². The minimum absolute atomic E-state index is 0.0699. The summed E-state index contributed by atoms with van der Waals surface area (Å²) in [5.41, 5.74) is 1.13. The van der Waals surface area contributed by atoms with Gasteiger partial charge in [0.25, 0.3) is 5.91 Å². The number of carbonyl (C=O) groups excluding carboxylic acids is 1. The lowest BCUT2D eigenvalue weighted by molar-refractivity contribution is 0.0949. The summed E-state index contributed by atoms with van der Waals surface area (Å²) in [5, 5.41) is 17.8. The fourth-order valence-corrected chi connectivity index (χ4v) is 2.78. The Balaban J connectivity index is 1.56. The number of nitrogens with one attached hydrogen (secondary N) is 2. The van der Waals surface area contributed by atoms with E-state index in [0.717, 1.165) is 18.5 Å². The average Bonchev–Trinajstić information content (AvgIpc) is 3.06. The van der Waals surface area contributed by atoms with Crippen LogP contribution in [-0.4, -0.2) is 46.1 Å². The Kier molecular flexibility index (Phi) is 6.19. The smallest absolute Gasteiger partial charge is 0.254 e. The molecule has 1 aromatic carbocycles. The lowest BCUT2D eigenvalue weighted by Gasteiger charge is -2.11. The summed E-state index contributed by atoms with van der Waals surface area (Å²) in [6, 6.07) is 5.83. The van der Waals surface area contributed by atoms with E-state index in [0.29, 0.717) is 17.7 Å². The highest BCUT2D eigenvalue weighted by Gasteiger charge is 2.23. The van der Waals surface area contributed by atoms with E-state index in [1.165, 1.54) is 0 Å². The van der Waals surface area contributed by atoms with Crippen LogP contribution in [0, 0.1) is 31.3 Å². The molecule has 8 nitrogen and oxygen atoms in total. The number of hydrogen-bond donors (Lipinski definition) is 2. The molecule has 0 radical (unpaired) electrons. The first-order valence-corrected chi connectivity index (χ1v) is 8.92. The van der Waals surface area contributed by atoms with Crippen LogP contribution < -0.4 is 15.4 Å². The summed E-state index contributed by atoms with van der Waals surface area (Å²) < 4.78 is 47.2. The predicted molar refractivity (Wildman–Crippen MR) is 102 cm³/mol. The highest BCUT2D eigenvalue weighted by atomic mass is 19.2. The number of rotatable bonds is 7. The number of amides is 1. The van der Waals surface area contributed by atoms with Gasteiger partial charge in [0.05, 0.1) is 18.4 Å². The fourth-order valence-electron chi connectivity index (χ4n) is 2.78. The van der Waals surface area contributed by atoms with Gasteiger partial charge in [0.15, 0.2) is 23.2 Å². The number of halogens is 3. The second kappa shape index (κ2) is 8.80. The number of methoxy groups -OCH3 is 1. The number of hydrogen-bond acceptors (Lipinski definition) is 6. The Morgan fingerprint density at radius 1 is 1.10 bits per heavy atom. The van der Waals surface area contributed by atoms with E-state index in [1.807, 2.05) is 19.9 Å². The second-order valence-corrected chi connectivity index (χ2v) is 6.37. The molecule has 0 aliphatic carbocycles. The van der Waals surface area contributed by atoms with Crippen LogP contribution in [0.25, 0.3) is 5.82 Å². The van der Waals surface area contributed by atoms with Gasteiger partial charge in [-0.05, 0) is 38.1 Å². The van der Waals surface area contributed by atoms with Gasteiger partial charge in [-0.15, -0.1) is 10.2 Å². The Bertz CT molecular complexity index is 1070. The zero-order valence-electron chi connectivity index (χ0n) is 16.5. The third kappa shape index (κ3) is 4.34. The molecule has 3 aromatic rings. The highest BCUT2D eigenvalue weighted by molar-refractivity contribution is 5.95. The third-order valence-electron chi connectivity index (χ3n) is 4.16. The van der Waals surface area contributed by atoms with Crippen molar-refractivity contribution in [1.29, 1.82) is 0 Å². The number of carbonyl (C=O) groups is 1. The van der Waals surface area contributed by atoms with E-state index < -0.39 is 34.7 Å². The first-order chi connectivity index (χ1) is 14.3. The number of aryl methyl sites for hydroxylation is 2. The molecule has 0 unspecified atom stereocenters. The number of anilines is 1. The van der Waals surface area contributed by atoms with E-state index in [2.05, 4.69) is 30.7 Å². The first kappa shape index (κ1) is 21.1. The standard InChI is InChI=1S/C19H19F3N6O2/c1-10-8-11(2)28(27-10)15-5-4-14(25-26-15)23-6-7-24-19(29)12-9-13(20)17(22)18(30-3)16(12)21/h4-5,8-9H,6-7H2,1-3H3,(H,23,25)(H,24,29). The molecule has 2 heterocycles. The molecule has 0 aliphatic rings. The molecule has 0 saturated carbocycles. The number of nitrogens with zero attached hydrogens (tertiary/aromatic N) is 4. The van der Waals surface area contributed by atoms with Gasteiger partial charge in [-0.3, -0.25) is 4.79 Å². The topological polar surface area (TPSA) is 94.0 Å². The number of aromatic nitrogens is 4. The molecule has 0 spiro atoms. The molecule has 2 aromatic heterocycles. The van der Waals surface area contributed by atoms with E-state index in [1.54, 1.807) is 16.8 Å². The summed E-state index contributed by atoms with van der Waals surface area (Å²) >= 11 is 0. The third-order valence-corrected chi connectivity index (χ3v) is 4.16. The Hall–Kier alpha value is -3.63. The van der Waals surface area contributed by atoms with Crippen molar-refractivity contribution in [3.63, 3.8) is 0 Å². The molecule has 0 saturated heterocycles. The quantitative estimate of drug-likeness (QED) is 0.451. The normalized spacial score (nSPS) is 10.7. The maximum Gasteiger partial charge on any atom is 0.254 e. The van der Waals surface area contributed by atoms with Crippen LogP contribution in [0.3, 0.4) is 0 Å². The van der Waals surface area contributed by atoms with Crippen molar-refractivity contribution in [1.82, 2.24) is 25.3 Å². The Labute approximate surface area is 170 Å². The molecule has 0 fully saturated rings. The van der Waals surface area contributed by atoms with Gasteiger partial charge in [0.1, 0.15) is 5.82 Å². The SMILES string of the molecule is COc1c(F)c(F)cc(C(=O)NCCNc2ccc(-n3nc(C)cc3C)nn2)c1F. The summed E-state index contributed by atoms with van der Waals surface area (Å²) in [6.07, 6.45) is 0. The van der Waals surface area contributed by atoms with Crippen molar-refractivity contribution in [2.75, 3.05) is 25.5 Å². The Morgan fingerprint density at radius 3 is 2.47 bits per heavy atom. The maximum atomic E-state index is 14.1. The van der Waals surface area contributed by atoms with E-state index in [-0.39, 0.29) is 13.1 Å². The summed E-state index contributed by atoms with van der Waals surface area (Å²) in [6.45, 7) is 4.09. The van der Waals surface area contributed by atoms with Crippen LogP contribution in [0.5, 0.6) is 5.75 Å². The summed E-state index contributed by atoms with van der Waals surface area (Å²) in [7, 11) is 0.980. The highest BCUT2D eigenvalue weighted by Crippen LogP contribution is 2.26. The molecule has 3 rings (SSSR count). The maximum absolute atomic E-state index is 14.1. The van der Waals surface area contributed by atoms with Gasteiger partial charge in [0.2, 0.25) is 5.82 Å². The van der Waals surface area contributed by atoms with Gasteiger partial charge in [-0.25, -0.2) is 13.5 Å². The Morgan fingerprint density at radius 2 is 1.87 bits per heavy atom. The molecule has 11 heteroatoms.